The number of tetrazole rings is 1. The molecule has 0 fully saturated rings. The first-order valence-corrected chi connectivity index (χ1v) is 12.7. The van der Waals surface area contributed by atoms with Crippen LogP contribution < -0.4 is 15.1 Å². The molecule has 0 bridgehead atoms. The van der Waals surface area contributed by atoms with Crippen molar-refractivity contribution < 1.29 is 4.74 Å². The summed E-state index contributed by atoms with van der Waals surface area (Å²) in [7, 11) is 1.97. The fraction of sp³-hybridized carbons (Fsp3) is 0.172. The maximum atomic E-state index is 13.0. The number of nitrogens with one attached hydrogen (secondary N) is 1. The molecule has 2 aromatic heterocycles. The first kappa shape index (κ1) is 26.6. The summed E-state index contributed by atoms with van der Waals surface area (Å²) in [6.45, 7) is 4.79. The summed E-state index contributed by atoms with van der Waals surface area (Å²) in [5, 5.41) is 14.8. The van der Waals surface area contributed by atoms with Gasteiger partial charge in [-0.15, -0.1) is 10.2 Å². The van der Waals surface area contributed by atoms with E-state index in [4.69, 9.17) is 16.3 Å². The Morgan fingerprint density at radius 1 is 0.974 bits per heavy atom. The van der Waals surface area contributed by atoms with Crippen molar-refractivity contribution in [2.45, 2.75) is 27.0 Å². The van der Waals surface area contributed by atoms with Crippen LogP contribution in [-0.4, -0.2) is 32.2 Å². The van der Waals surface area contributed by atoms with E-state index in [1.165, 1.54) is 0 Å². The molecule has 38 heavy (non-hydrogen) atoms. The molecule has 1 N–H and O–H groups in total. The highest BCUT2D eigenvalue weighted by molar-refractivity contribution is 6.30. The van der Waals surface area contributed by atoms with Crippen LogP contribution in [0.4, 0.5) is 5.69 Å². The van der Waals surface area contributed by atoms with Gasteiger partial charge >= 0.3 is 0 Å². The number of anilines is 1. The summed E-state index contributed by atoms with van der Waals surface area (Å²) < 4.78 is 7.90. The number of H-pyrrole nitrogens is 1. The molecule has 0 aliphatic heterocycles. The van der Waals surface area contributed by atoms with Gasteiger partial charge in [-0.3, -0.25) is 4.79 Å². The Morgan fingerprint density at radius 3 is 2.34 bits per heavy atom. The van der Waals surface area contributed by atoms with Gasteiger partial charge in [-0.1, -0.05) is 55.8 Å². The van der Waals surface area contributed by atoms with E-state index >= 15 is 0 Å². The summed E-state index contributed by atoms with van der Waals surface area (Å²) in [5.74, 6) is 0.787. The number of hydrogen-bond donors (Lipinski definition) is 1. The van der Waals surface area contributed by atoms with E-state index in [1.807, 2.05) is 104 Å². The molecule has 0 unspecified atom stereocenters. The van der Waals surface area contributed by atoms with Crippen molar-refractivity contribution in [2.75, 3.05) is 11.9 Å². The van der Waals surface area contributed by atoms with Crippen molar-refractivity contribution in [1.29, 1.82) is 0 Å². The number of pyridine rings is 1. The molecular weight excluding hydrogens is 500 g/mol. The predicted molar refractivity (Wildman–Crippen MR) is 151 cm³/mol. The average Bonchev–Trinajstić information content (AvgIpc) is 3.50. The Balaban J connectivity index is 0.00000164. The molecule has 0 atom stereocenters. The minimum Gasteiger partial charge on any atom is -0.483 e. The number of nitrogens with zero attached hydrogens (tertiary/aromatic N) is 5. The number of benzene rings is 3. The van der Waals surface area contributed by atoms with Crippen molar-refractivity contribution in [1.82, 2.24) is 25.2 Å². The Hall–Kier alpha value is -4.43. The van der Waals surface area contributed by atoms with E-state index in [-0.39, 0.29) is 11.2 Å². The highest BCUT2D eigenvalue weighted by Crippen LogP contribution is 2.23. The largest absolute Gasteiger partial charge is 0.483 e. The molecular formula is C29H29ClN6O2. The van der Waals surface area contributed by atoms with Gasteiger partial charge in [-0.25, -0.2) is 0 Å². The van der Waals surface area contributed by atoms with E-state index in [0.29, 0.717) is 24.0 Å². The summed E-state index contributed by atoms with van der Waals surface area (Å²) in [6.07, 6.45) is 1.75. The lowest BCUT2D eigenvalue weighted by Gasteiger charge is -2.23. The molecule has 0 saturated heterocycles. The van der Waals surface area contributed by atoms with Crippen LogP contribution in [0.25, 0.3) is 17.1 Å². The maximum absolute atomic E-state index is 13.0. The fourth-order valence-corrected chi connectivity index (χ4v) is 3.97. The monoisotopic (exact) mass is 528 g/mol. The maximum Gasteiger partial charge on any atom is 0.223 e. The van der Waals surface area contributed by atoms with Gasteiger partial charge in [0.1, 0.15) is 6.61 Å². The van der Waals surface area contributed by atoms with Crippen molar-refractivity contribution in [3.05, 3.63) is 118 Å². The zero-order chi connectivity index (χ0) is 26.9. The fourth-order valence-electron chi connectivity index (χ4n) is 3.85. The molecule has 0 spiro atoms. The number of hydrogen-bond acceptors (Lipinski definition) is 6. The number of rotatable bonds is 8. The van der Waals surface area contributed by atoms with Crippen LogP contribution in [0, 0.1) is 0 Å². The van der Waals surface area contributed by atoms with Gasteiger partial charge in [0.25, 0.3) is 0 Å². The van der Waals surface area contributed by atoms with Crippen LogP contribution in [-0.2, 0) is 13.2 Å². The van der Waals surface area contributed by atoms with Crippen molar-refractivity contribution >= 4 is 17.3 Å². The van der Waals surface area contributed by atoms with Crippen molar-refractivity contribution in [3.63, 3.8) is 0 Å². The van der Waals surface area contributed by atoms with E-state index in [0.717, 1.165) is 28.2 Å². The van der Waals surface area contributed by atoms with Crippen LogP contribution in [0.15, 0.2) is 95.9 Å². The van der Waals surface area contributed by atoms with Crippen molar-refractivity contribution in [3.8, 4) is 22.8 Å². The molecule has 0 amide bonds. The van der Waals surface area contributed by atoms with Crippen LogP contribution in [0.1, 0.15) is 25.1 Å². The normalized spacial score (nSPS) is 10.4. The zero-order valence-corrected chi connectivity index (χ0v) is 22.3. The van der Waals surface area contributed by atoms with Crippen molar-refractivity contribution in [2.24, 2.45) is 0 Å². The molecule has 194 valence electrons. The highest BCUT2D eigenvalue weighted by Gasteiger charge is 2.13. The molecule has 0 aliphatic rings. The second kappa shape index (κ2) is 12.7. The average molecular weight is 529 g/mol. The van der Waals surface area contributed by atoms with E-state index in [2.05, 4.69) is 25.5 Å². The summed E-state index contributed by atoms with van der Waals surface area (Å²) >= 11 is 6.05. The first-order chi connectivity index (χ1) is 18.6. The third-order valence-corrected chi connectivity index (χ3v) is 6.00. The first-order valence-electron chi connectivity index (χ1n) is 12.3. The van der Waals surface area contributed by atoms with Gasteiger partial charge in [0, 0.05) is 40.8 Å². The SMILES string of the molecule is CC.CN(Cc1cc(=O)c(OCc2ccccc2)cn1-c1ccc(-c2nn[nH]n2)cc1)c1ccc(Cl)cc1. The Morgan fingerprint density at radius 2 is 1.68 bits per heavy atom. The van der Waals surface area contributed by atoms with E-state index in [9.17, 15) is 4.79 Å². The second-order valence-electron chi connectivity index (χ2n) is 8.25. The topological polar surface area (TPSA) is 88.9 Å². The molecule has 0 radical (unpaired) electrons. The van der Waals surface area contributed by atoms with E-state index < -0.39 is 0 Å². The minimum absolute atomic E-state index is 0.176. The summed E-state index contributed by atoms with van der Waals surface area (Å²) in [4.78, 5) is 15.1. The molecule has 8 nitrogen and oxygen atoms in total. The van der Waals surface area contributed by atoms with Crippen LogP contribution in [0.5, 0.6) is 5.75 Å². The molecule has 9 heteroatoms. The third kappa shape index (κ3) is 6.46. The van der Waals surface area contributed by atoms with Gasteiger partial charge in [-0.05, 0) is 59.3 Å². The van der Waals surface area contributed by atoms with Gasteiger partial charge in [0.05, 0.1) is 12.7 Å². The van der Waals surface area contributed by atoms with E-state index in [1.54, 1.807) is 12.3 Å². The summed E-state index contributed by atoms with van der Waals surface area (Å²) in [6, 6.07) is 26.7. The molecule has 5 rings (SSSR count). The smallest absolute Gasteiger partial charge is 0.223 e. The Kier molecular flexibility index (Phi) is 8.89. The van der Waals surface area contributed by atoms with Gasteiger partial charge in [-0.2, -0.15) is 5.21 Å². The standard InChI is InChI=1S/C27H23ClN6O2.C2H6/c1-33(22-13-9-21(28)10-14-22)16-24-15-25(35)26(36-18-19-5-3-2-4-6-19)17-34(24)23-11-7-20(8-12-23)27-29-31-32-30-27;1-2/h2-15,17H,16,18H2,1H3,(H,29,30,31,32);1-2H3. The van der Waals surface area contributed by atoms with Crippen LogP contribution in [0.2, 0.25) is 5.02 Å². The second-order valence-corrected chi connectivity index (χ2v) is 8.69. The quantitative estimate of drug-likeness (QED) is 0.269. The third-order valence-electron chi connectivity index (χ3n) is 5.75. The van der Waals surface area contributed by atoms with Gasteiger partial charge in [0.15, 0.2) is 5.75 Å². The number of aromatic amines is 1. The number of halogens is 1. The summed E-state index contributed by atoms with van der Waals surface area (Å²) in [5.41, 5.74) is 4.29. The molecule has 0 aliphatic carbocycles. The van der Waals surface area contributed by atoms with Gasteiger partial charge < -0.3 is 14.2 Å². The molecule has 3 aromatic carbocycles. The highest BCUT2D eigenvalue weighted by atomic mass is 35.5. The van der Waals surface area contributed by atoms with Gasteiger partial charge in [0.2, 0.25) is 11.3 Å². The molecule has 0 saturated carbocycles. The Labute approximate surface area is 226 Å². The lowest BCUT2D eigenvalue weighted by Crippen LogP contribution is -2.22. The number of aromatic nitrogens is 5. The minimum atomic E-state index is -0.176. The molecule has 2 heterocycles. The Bertz CT molecular complexity index is 1490. The number of ether oxygens (including phenoxy) is 1. The lowest BCUT2D eigenvalue weighted by atomic mass is 10.2. The zero-order valence-electron chi connectivity index (χ0n) is 21.5. The lowest BCUT2D eigenvalue weighted by molar-refractivity contribution is 0.301. The molecule has 5 aromatic rings. The van der Waals surface area contributed by atoms with Crippen LogP contribution in [0.3, 0.4) is 0 Å². The van der Waals surface area contributed by atoms with Crippen LogP contribution >= 0.6 is 11.6 Å². The predicted octanol–water partition coefficient (Wildman–Crippen LogP) is 5.91.